The van der Waals surface area contributed by atoms with E-state index in [4.69, 9.17) is 4.74 Å². The molecule has 0 amide bonds. The topological polar surface area (TPSA) is 64.4 Å². The van der Waals surface area contributed by atoms with Crippen molar-refractivity contribution < 1.29 is 14.1 Å². The molecule has 1 N–H and O–H groups in total. The Balaban J connectivity index is 2.15. The molecule has 1 aliphatic rings. The number of likely N-dealkylation sites (N-methyl/N-ethyl adjacent to an activating group) is 1. The molecule has 19 heavy (non-hydrogen) atoms. The summed E-state index contributed by atoms with van der Waals surface area (Å²) in [5, 5.41) is 13.9. The van der Waals surface area contributed by atoms with Crippen molar-refractivity contribution in [2.45, 2.75) is 37.8 Å². The maximum absolute atomic E-state index is 13.3. The average Bonchev–Trinajstić information content (AvgIpc) is 2.38. The van der Waals surface area contributed by atoms with Crippen molar-refractivity contribution in [1.82, 2.24) is 5.32 Å². The zero-order chi connectivity index (χ0) is 13.8. The van der Waals surface area contributed by atoms with Crippen molar-refractivity contribution in [1.29, 1.82) is 0 Å². The second kappa shape index (κ2) is 5.97. The van der Waals surface area contributed by atoms with Crippen LogP contribution in [0.2, 0.25) is 0 Å². The van der Waals surface area contributed by atoms with Gasteiger partial charge in [0.15, 0.2) is 0 Å². The van der Waals surface area contributed by atoms with E-state index in [1.54, 1.807) is 0 Å². The van der Waals surface area contributed by atoms with E-state index in [-0.39, 0.29) is 23.6 Å². The highest BCUT2D eigenvalue weighted by atomic mass is 19.1. The lowest BCUT2D eigenvalue weighted by Crippen LogP contribution is -2.43. The van der Waals surface area contributed by atoms with E-state index >= 15 is 0 Å². The van der Waals surface area contributed by atoms with Crippen molar-refractivity contribution in [2.75, 3.05) is 7.05 Å². The molecule has 1 fully saturated rings. The van der Waals surface area contributed by atoms with Gasteiger partial charge >= 0.3 is 0 Å². The Kier molecular flexibility index (Phi) is 4.31. The van der Waals surface area contributed by atoms with Crippen molar-refractivity contribution in [3.05, 3.63) is 34.1 Å². The largest absolute Gasteiger partial charge is 0.488 e. The lowest BCUT2D eigenvalue weighted by atomic mass is 9.92. The molecule has 2 atom stereocenters. The highest BCUT2D eigenvalue weighted by molar-refractivity contribution is 5.39. The normalized spacial score (nSPS) is 23.1. The molecule has 0 aliphatic heterocycles. The summed E-state index contributed by atoms with van der Waals surface area (Å²) >= 11 is 0. The Morgan fingerprint density at radius 2 is 2.11 bits per heavy atom. The summed E-state index contributed by atoms with van der Waals surface area (Å²) in [6.45, 7) is 0. The molecular weight excluding hydrogens is 251 g/mol. The van der Waals surface area contributed by atoms with E-state index < -0.39 is 10.7 Å². The summed E-state index contributed by atoms with van der Waals surface area (Å²) in [6.07, 6.45) is 3.99. The van der Waals surface area contributed by atoms with Crippen LogP contribution in [0.5, 0.6) is 5.75 Å². The molecule has 0 aromatic heterocycles. The highest BCUT2D eigenvalue weighted by Crippen LogP contribution is 2.27. The number of nitro benzene ring substituents is 1. The molecule has 2 unspecified atom stereocenters. The summed E-state index contributed by atoms with van der Waals surface area (Å²) < 4.78 is 19.0. The first-order valence-corrected chi connectivity index (χ1v) is 6.39. The summed E-state index contributed by atoms with van der Waals surface area (Å²) in [5.74, 6) is -0.431. The Bertz CT molecular complexity index is 467. The zero-order valence-corrected chi connectivity index (χ0v) is 10.8. The quantitative estimate of drug-likeness (QED) is 0.673. The van der Waals surface area contributed by atoms with Gasteiger partial charge in [-0.3, -0.25) is 10.1 Å². The summed E-state index contributed by atoms with van der Waals surface area (Å²) in [5.41, 5.74) is -0.285. The van der Waals surface area contributed by atoms with Gasteiger partial charge < -0.3 is 10.1 Å². The summed E-state index contributed by atoms with van der Waals surface area (Å²) in [6, 6.07) is 3.55. The Labute approximate surface area is 110 Å². The van der Waals surface area contributed by atoms with Gasteiger partial charge in [0.05, 0.1) is 17.1 Å². The van der Waals surface area contributed by atoms with Gasteiger partial charge in [0.2, 0.25) is 0 Å². The van der Waals surface area contributed by atoms with Gasteiger partial charge in [0.25, 0.3) is 5.69 Å². The van der Waals surface area contributed by atoms with Crippen molar-refractivity contribution in [2.24, 2.45) is 0 Å². The van der Waals surface area contributed by atoms with E-state index in [1.165, 1.54) is 12.1 Å². The molecule has 5 nitrogen and oxygen atoms in total. The number of nitrogens with zero attached hydrogens (tertiary/aromatic N) is 1. The monoisotopic (exact) mass is 268 g/mol. The van der Waals surface area contributed by atoms with Crippen LogP contribution in [0, 0.1) is 15.9 Å². The first-order chi connectivity index (χ1) is 9.10. The van der Waals surface area contributed by atoms with Gasteiger partial charge in [-0.05, 0) is 26.3 Å². The van der Waals surface area contributed by atoms with Gasteiger partial charge in [0.1, 0.15) is 17.7 Å². The average molecular weight is 268 g/mol. The van der Waals surface area contributed by atoms with E-state index in [2.05, 4.69) is 5.32 Å². The molecule has 1 aromatic rings. The zero-order valence-electron chi connectivity index (χ0n) is 10.8. The van der Waals surface area contributed by atoms with Gasteiger partial charge in [-0.25, -0.2) is 4.39 Å². The summed E-state index contributed by atoms with van der Waals surface area (Å²) in [4.78, 5) is 10.1. The predicted octanol–water partition coefficient (Wildman–Crippen LogP) is 2.64. The number of benzene rings is 1. The van der Waals surface area contributed by atoms with Gasteiger partial charge in [-0.1, -0.05) is 6.42 Å². The van der Waals surface area contributed by atoms with E-state index in [0.717, 1.165) is 31.7 Å². The number of nitrogens with one attached hydrogen (secondary N) is 1. The Hall–Kier alpha value is -1.69. The number of nitro groups is 1. The van der Waals surface area contributed by atoms with Crippen LogP contribution in [0.4, 0.5) is 10.1 Å². The molecule has 0 bridgehead atoms. The SMILES string of the molecule is CNC1CCCCC1Oc1cc(F)cc([N+](=O)[O-])c1. The summed E-state index contributed by atoms with van der Waals surface area (Å²) in [7, 11) is 1.86. The van der Waals surface area contributed by atoms with Crippen molar-refractivity contribution >= 4 is 5.69 Å². The smallest absolute Gasteiger partial charge is 0.276 e. The third-order valence-electron chi connectivity index (χ3n) is 3.43. The van der Waals surface area contributed by atoms with Gasteiger partial charge in [-0.2, -0.15) is 0 Å². The van der Waals surface area contributed by atoms with Crippen LogP contribution >= 0.6 is 0 Å². The van der Waals surface area contributed by atoms with Crippen LogP contribution in [0.15, 0.2) is 18.2 Å². The molecule has 6 heteroatoms. The fourth-order valence-electron chi connectivity index (χ4n) is 2.46. The van der Waals surface area contributed by atoms with Gasteiger partial charge in [0, 0.05) is 12.1 Å². The van der Waals surface area contributed by atoms with E-state index in [0.29, 0.717) is 0 Å². The maximum atomic E-state index is 13.3. The molecule has 104 valence electrons. The Morgan fingerprint density at radius 1 is 1.37 bits per heavy atom. The predicted molar refractivity (Wildman–Crippen MR) is 68.8 cm³/mol. The number of hydrogen-bond donors (Lipinski definition) is 1. The van der Waals surface area contributed by atoms with Crippen molar-refractivity contribution in [3.63, 3.8) is 0 Å². The molecule has 0 spiro atoms. The molecule has 1 aromatic carbocycles. The number of non-ortho nitro benzene ring substituents is 1. The molecule has 0 heterocycles. The van der Waals surface area contributed by atoms with Crippen LogP contribution in [-0.2, 0) is 0 Å². The van der Waals surface area contributed by atoms with Gasteiger partial charge in [-0.15, -0.1) is 0 Å². The third kappa shape index (κ3) is 3.41. The fourth-order valence-corrected chi connectivity index (χ4v) is 2.46. The first kappa shape index (κ1) is 13.7. The lowest BCUT2D eigenvalue weighted by molar-refractivity contribution is -0.385. The molecule has 1 aliphatic carbocycles. The minimum absolute atomic E-state index is 0.0693. The molecule has 0 radical (unpaired) electrons. The highest BCUT2D eigenvalue weighted by Gasteiger charge is 2.26. The van der Waals surface area contributed by atoms with Crippen molar-refractivity contribution in [3.8, 4) is 5.75 Å². The minimum Gasteiger partial charge on any atom is -0.488 e. The van der Waals surface area contributed by atoms with Crippen LogP contribution in [-0.4, -0.2) is 24.1 Å². The van der Waals surface area contributed by atoms with E-state index in [9.17, 15) is 14.5 Å². The molecule has 2 rings (SSSR count). The van der Waals surface area contributed by atoms with Crippen LogP contribution in [0.3, 0.4) is 0 Å². The van der Waals surface area contributed by atoms with E-state index in [1.807, 2.05) is 7.05 Å². The molecule has 1 saturated carbocycles. The fraction of sp³-hybridized carbons (Fsp3) is 0.538. The number of halogens is 1. The molecule has 0 saturated heterocycles. The maximum Gasteiger partial charge on any atom is 0.276 e. The third-order valence-corrected chi connectivity index (χ3v) is 3.43. The number of hydrogen-bond acceptors (Lipinski definition) is 4. The number of rotatable bonds is 4. The van der Waals surface area contributed by atoms with Crippen LogP contribution in [0.25, 0.3) is 0 Å². The first-order valence-electron chi connectivity index (χ1n) is 6.39. The lowest BCUT2D eigenvalue weighted by Gasteiger charge is -2.31. The second-order valence-electron chi connectivity index (χ2n) is 4.74. The second-order valence-corrected chi connectivity index (χ2v) is 4.74. The number of ether oxygens (including phenoxy) is 1. The molecular formula is C13H17FN2O3. The van der Waals surface area contributed by atoms with Crippen LogP contribution < -0.4 is 10.1 Å². The minimum atomic E-state index is -0.652. The van der Waals surface area contributed by atoms with Crippen LogP contribution in [0.1, 0.15) is 25.7 Å². The Morgan fingerprint density at radius 3 is 2.79 bits per heavy atom. The standard InChI is InChI=1S/C13H17FN2O3/c1-15-12-4-2-3-5-13(12)19-11-7-9(14)6-10(8-11)16(17)18/h6-8,12-13,15H,2-5H2,1H3.